The molecule has 8 heteroatoms. The van der Waals surface area contributed by atoms with Crippen molar-refractivity contribution < 1.29 is 4.79 Å². The van der Waals surface area contributed by atoms with Gasteiger partial charge in [0.15, 0.2) is 5.96 Å². The predicted molar refractivity (Wildman–Crippen MR) is 134 cm³/mol. The van der Waals surface area contributed by atoms with E-state index in [1.165, 1.54) is 0 Å². The molecule has 7 nitrogen and oxygen atoms in total. The zero-order valence-corrected chi connectivity index (χ0v) is 21.0. The fourth-order valence-corrected chi connectivity index (χ4v) is 2.97. The number of halogens is 1. The molecule has 1 aromatic carbocycles. The SMILES string of the molecule is CCNC(=NCc1ccccc1-n1nc(C)cc1C)NCCC(=O)NC(C)CC.I. The normalized spacial score (nSPS) is 12.1. The van der Waals surface area contributed by atoms with Gasteiger partial charge in [-0.15, -0.1) is 24.0 Å². The summed E-state index contributed by atoms with van der Waals surface area (Å²) in [6.07, 6.45) is 1.34. The minimum absolute atomic E-state index is 0. The zero-order valence-electron chi connectivity index (χ0n) is 18.7. The van der Waals surface area contributed by atoms with Gasteiger partial charge in [-0.25, -0.2) is 9.67 Å². The highest BCUT2D eigenvalue weighted by molar-refractivity contribution is 14.0. The molecular formula is C22H35IN6O. The molecule has 0 aliphatic carbocycles. The van der Waals surface area contributed by atoms with Crippen LogP contribution in [0.15, 0.2) is 35.3 Å². The molecule has 1 aromatic heterocycles. The maximum Gasteiger partial charge on any atom is 0.221 e. The monoisotopic (exact) mass is 526 g/mol. The molecule has 0 spiro atoms. The molecule has 0 saturated carbocycles. The van der Waals surface area contributed by atoms with Crippen molar-refractivity contribution in [1.82, 2.24) is 25.7 Å². The summed E-state index contributed by atoms with van der Waals surface area (Å²) in [7, 11) is 0. The van der Waals surface area contributed by atoms with Crippen molar-refractivity contribution in [2.24, 2.45) is 4.99 Å². The first kappa shape index (κ1) is 25.9. The van der Waals surface area contributed by atoms with Crippen LogP contribution in [-0.2, 0) is 11.3 Å². The molecule has 0 radical (unpaired) electrons. The van der Waals surface area contributed by atoms with Gasteiger partial charge in [0.1, 0.15) is 0 Å². The van der Waals surface area contributed by atoms with E-state index in [4.69, 9.17) is 4.99 Å². The number of benzene rings is 1. The Bertz CT molecular complexity index is 833. The number of hydrogen-bond acceptors (Lipinski definition) is 3. The molecule has 0 aliphatic heterocycles. The number of aromatic nitrogens is 2. The van der Waals surface area contributed by atoms with Crippen LogP contribution < -0.4 is 16.0 Å². The van der Waals surface area contributed by atoms with Gasteiger partial charge in [0.05, 0.1) is 17.9 Å². The average molecular weight is 526 g/mol. The van der Waals surface area contributed by atoms with E-state index >= 15 is 0 Å². The maximum absolute atomic E-state index is 11.9. The van der Waals surface area contributed by atoms with E-state index in [1.54, 1.807) is 0 Å². The molecular weight excluding hydrogens is 491 g/mol. The van der Waals surface area contributed by atoms with Gasteiger partial charge in [-0.1, -0.05) is 25.1 Å². The van der Waals surface area contributed by atoms with Gasteiger partial charge in [-0.05, 0) is 51.8 Å². The predicted octanol–water partition coefficient (Wildman–Crippen LogP) is 3.47. The Balaban J connectivity index is 0.00000450. The molecule has 1 atom stereocenters. The molecule has 2 rings (SSSR count). The van der Waals surface area contributed by atoms with E-state index in [0.717, 1.165) is 35.6 Å². The van der Waals surface area contributed by atoms with Gasteiger partial charge in [-0.2, -0.15) is 5.10 Å². The van der Waals surface area contributed by atoms with Crippen molar-refractivity contribution in [2.75, 3.05) is 13.1 Å². The van der Waals surface area contributed by atoms with Crippen LogP contribution in [0.1, 0.15) is 50.6 Å². The molecule has 0 bridgehead atoms. The molecule has 30 heavy (non-hydrogen) atoms. The van der Waals surface area contributed by atoms with Crippen LogP contribution in [0.2, 0.25) is 0 Å². The van der Waals surface area contributed by atoms with E-state index in [2.05, 4.69) is 53.1 Å². The molecule has 1 heterocycles. The van der Waals surface area contributed by atoms with E-state index in [-0.39, 0.29) is 35.9 Å². The van der Waals surface area contributed by atoms with Crippen LogP contribution in [0.5, 0.6) is 0 Å². The largest absolute Gasteiger partial charge is 0.357 e. The van der Waals surface area contributed by atoms with Crippen LogP contribution >= 0.6 is 24.0 Å². The summed E-state index contributed by atoms with van der Waals surface area (Å²) in [6, 6.07) is 10.4. The fraction of sp³-hybridized carbons (Fsp3) is 0.500. The second kappa shape index (κ2) is 13.3. The highest BCUT2D eigenvalue weighted by Crippen LogP contribution is 2.17. The summed E-state index contributed by atoms with van der Waals surface area (Å²) < 4.78 is 1.96. The van der Waals surface area contributed by atoms with Crippen LogP contribution in [-0.4, -0.2) is 40.8 Å². The van der Waals surface area contributed by atoms with Crippen molar-refractivity contribution >= 4 is 35.8 Å². The first-order valence-corrected chi connectivity index (χ1v) is 10.4. The summed E-state index contributed by atoms with van der Waals surface area (Å²) >= 11 is 0. The Kier molecular flexibility index (Phi) is 11.5. The van der Waals surface area contributed by atoms with Crippen molar-refractivity contribution in [2.45, 2.75) is 60.0 Å². The third-order valence-corrected chi connectivity index (χ3v) is 4.65. The Hall–Kier alpha value is -2.10. The van der Waals surface area contributed by atoms with E-state index in [1.807, 2.05) is 37.6 Å². The van der Waals surface area contributed by atoms with Crippen molar-refractivity contribution in [3.05, 3.63) is 47.3 Å². The number of aryl methyl sites for hydroxylation is 2. The highest BCUT2D eigenvalue weighted by atomic mass is 127. The number of rotatable bonds is 9. The molecule has 2 aromatic rings. The summed E-state index contributed by atoms with van der Waals surface area (Å²) in [5.74, 6) is 0.754. The first-order valence-electron chi connectivity index (χ1n) is 10.4. The number of para-hydroxylation sites is 1. The number of nitrogens with zero attached hydrogens (tertiary/aromatic N) is 3. The third-order valence-electron chi connectivity index (χ3n) is 4.65. The molecule has 1 amide bonds. The summed E-state index contributed by atoms with van der Waals surface area (Å²) in [6.45, 7) is 11.9. The molecule has 166 valence electrons. The number of carbonyl (C=O) groups excluding carboxylic acids is 1. The maximum atomic E-state index is 11.9. The average Bonchev–Trinajstić information content (AvgIpc) is 3.04. The Morgan fingerprint density at radius 1 is 1.20 bits per heavy atom. The van der Waals surface area contributed by atoms with Crippen LogP contribution in [0, 0.1) is 13.8 Å². The topological polar surface area (TPSA) is 83.3 Å². The van der Waals surface area contributed by atoms with Crippen molar-refractivity contribution in [1.29, 1.82) is 0 Å². The highest BCUT2D eigenvalue weighted by Gasteiger charge is 2.09. The standard InChI is InChI=1S/C22H34N6O.HI/c1-6-16(3)26-21(29)12-13-24-22(23-7-2)25-15-19-10-8-9-11-20(19)28-18(5)14-17(4)27-28;/h8-11,14,16H,6-7,12-13,15H2,1-5H3,(H,26,29)(H2,23,24,25);1H. The quantitative estimate of drug-likeness (QED) is 0.266. The lowest BCUT2D eigenvalue weighted by molar-refractivity contribution is -0.121. The third kappa shape index (κ3) is 7.97. The second-order valence-corrected chi connectivity index (χ2v) is 7.22. The number of guanidine groups is 1. The molecule has 0 saturated heterocycles. The van der Waals surface area contributed by atoms with Crippen molar-refractivity contribution in [3.63, 3.8) is 0 Å². The lowest BCUT2D eigenvalue weighted by Crippen LogP contribution is -2.40. The smallest absolute Gasteiger partial charge is 0.221 e. The van der Waals surface area contributed by atoms with Crippen LogP contribution in [0.25, 0.3) is 5.69 Å². The van der Waals surface area contributed by atoms with Crippen LogP contribution in [0.4, 0.5) is 0 Å². The number of carbonyl (C=O) groups is 1. The number of hydrogen-bond donors (Lipinski definition) is 3. The molecule has 0 fully saturated rings. The van der Waals surface area contributed by atoms with Gasteiger partial charge >= 0.3 is 0 Å². The number of nitrogens with one attached hydrogen (secondary N) is 3. The van der Waals surface area contributed by atoms with Gasteiger partial charge in [0, 0.05) is 31.2 Å². The molecule has 1 unspecified atom stereocenters. The summed E-state index contributed by atoms with van der Waals surface area (Å²) in [5, 5.41) is 14.1. The van der Waals surface area contributed by atoms with Crippen molar-refractivity contribution in [3.8, 4) is 5.69 Å². The van der Waals surface area contributed by atoms with E-state index in [0.29, 0.717) is 25.5 Å². The second-order valence-electron chi connectivity index (χ2n) is 7.22. The summed E-state index contributed by atoms with van der Waals surface area (Å²) in [4.78, 5) is 16.6. The molecule has 3 N–H and O–H groups in total. The van der Waals surface area contributed by atoms with E-state index in [9.17, 15) is 4.79 Å². The lowest BCUT2D eigenvalue weighted by atomic mass is 10.2. The minimum atomic E-state index is 0. The Labute approximate surface area is 197 Å². The lowest BCUT2D eigenvalue weighted by Gasteiger charge is -2.14. The van der Waals surface area contributed by atoms with Gasteiger partial charge in [-0.3, -0.25) is 4.79 Å². The number of aliphatic imine (C=N–C) groups is 1. The first-order chi connectivity index (χ1) is 13.9. The van der Waals surface area contributed by atoms with Gasteiger partial charge in [0.25, 0.3) is 0 Å². The fourth-order valence-electron chi connectivity index (χ4n) is 2.97. The Morgan fingerprint density at radius 2 is 1.93 bits per heavy atom. The summed E-state index contributed by atoms with van der Waals surface area (Å²) in [5.41, 5.74) is 4.21. The Morgan fingerprint density at radius 3 is 2.57 bits per heavy atom. The zero-order chi connectivity index (χ0) is 21.2. The molecule has 0 aliphatic rings. The minimum Gasteiger partial charge on any atom is -0.357 e. The van der Waals surface area contributed by atoms with Gasteiger partial charge < -0.3 is 16.0 Å². The van der Waals surface area contributed by atoms with Gasteiger partial charge in [0.2, 0.25) is 5.91 Å². The van der Waals surface area contributed by atoms with Crippen LogP contribution in [0.3, 0.4) is 0 Å². The van der Waals surface area contributed by atoms with E-state index < -0.39 is 0 Å². The number of amides is 1.